The van der Waals surface area contributed by atoms with Gasteiger partial charge in [0.1, 0.15) is 17.3 Å². The van der Waals surface area contributed by atoms with Crippen molar-refractivity contribution in [2.24, 2.45) is 0 Å². The number of aromatic amines is 2. The Morgan fingerprint density at radius 2 is 1.32 bits per heavy atom. The summed E-state index contributed by atoms with van der Waals surface area (Å²) in [5, 5.41) is 6.95. The standard InChI is InChI=1S/C30H28N6.4ClH/c1-2-8-21(9-3-1)25-18-23(28-20-34-30(36-28)27-13-7-17-32-27)15-14-22(25)10-4-5-11-24-19-33-29(35-24)26-12-6-16-31-26;;;;/h1-3,8-9,14-15,18-20,26-27,31-32H,6-7,12-13,16-17H2,(H,33,35)(H,34,36);4*1H/t26-,27-;;;;/m0..../s1. The second-order valence-electron chi connectivity index (χ2n) is 9.29. The number of nitrogens with one attached hydrogen (secondary N) is 4. The molecule has 2 fully saturated rings. The van der Waals surface area contributed by atoms with Gasteiger partial charge in [-0.05, 0) is 79.8 Å². The SMILES string of the molecule is C(C#Cc1ccc(-c2cnc([C@@H]3CCCN3)[nH]2)cc1-c1ccccc1)#Cc1cnc([C@@H]2CCCN2)[nH]1.Cl.Cl.Cl.Cl. The highest BCUT2D eigenvalue weighted by molar-refractivity contribution is 5.86. The van der Waals surface area contributed by atoms with E-state index >= 15 is 0 Å². The molecule has 0 bridgehead atoms. The third-order valence-electron chi connectivity index (χ3n) is 6.84. The van der Waals surface area contributed by atoms with Crippen molar-refractivity contribution in [2.45, 2.75) is 37.8 Å². The lowest BCUT2D eigenvalue weighted by atomic mass is 9.96. The summed E-state index contributed by atoms with van der Waals surface area (Å²) in [5.41, 5.74) is 6.04. The lowest BCUT2D eigenvalue weighted by molar-refractivity contribution is 0.612. The van der Waals surface area contributed by atoms with Crippen LogP contribution in [0.15, 0.2) is 60.9 Å². The van der Waals surface area contributed by atoms with Gasteiger partial charge in [0.15, 0.2) is 0 Å². The number of nitrogens with zero attached hydrogens (tertiary/aromatic N) is 2. The quantitative estimate of drug-likeness (QED) is 0.200. The molecule has 0 saturated carbocycles. The molecule has 2 atom stereocenters. The van der Waals surface area contributed by atoms with Gasteiger partial charge in [0, 0.05) is 11.1 Å². The summed E-state index contributed by atoms with van der Waals surface area (Å²) in [7, 11) is 0. The molecule has 4 N–H and O–H groups in total. The van der Waals surface area contributed by atoms with E-state index in [9.17, 15) is 0 Å². The molecular weight excluding hydrogens is 586 g/mol. The summed E-state index contributed by atoms with van der Waals surface area (Å²) in [6.45, 7) is 2.09. The normalized spacial score (nSPS) is 17.0. The number of hydrogen-bond donors (Lipinski definition) is 4. The summed E-state index contributed by atoms with van der Waals surface area (Å²) in [6, 6.07) is 17.3. The third kappa shape index (κ3) is 7.62. The average molecular weight is 618 g/mol. The van der Waals surface area contributed by atoms with Crippen molar-refractivity contribution in [3.63, 3.8) is 0 Å². The number of benzene rings is 2. The maximum atomic E-state index is 4.64. The fraction of sp³-hybridized carbons (Fsp3) is 0.267. The number of rotatable bonds is 4. The Hall–Kier alpha value is -2.94. The van der Waals surface area contributed by atoms with Crippen molar-refractivity contribution in [1.82, 2.24) is 30.6 Å². The monoisotopic (exact) mass is 616 g/mol. The van der Waals surface area contributed by atoms with E-state index in [4.69, 9.17) is 0 Å². The van der Waals surface area contributed by atoms with Gasteiger partial charge in [-0.25, -0.2) is 9.97 Å². The van der Waals surface area contributed by atoms with Crippen LogP contribution >= 0.6 is 49.6 Å². The minimum atomic E-state index is 0. The van der Waals surface area contributed by atoms with Crippen LogP contribution in [0, 0.1) is 23.7 Å². The summed E-state index contributed by atoms with van der Waals surface area (Å²) >= 11 is 0. The van der Waals surface area contributed by atoms with E-state index in [2.05, 4.69) is 84.6 Å². The largest absolute Gasteiger partial charge is 0.341 e. The Kier molecular flexibility index (Phi) is 13.1. The van der Waals surface area contributed by atoms with Gasteiger partial charge in [-0.2, -0.15) is 0 Å². The molecule has 2 saturated heterocycles. The first-order valence-corrected chi connectivity index (χ1v) is 12.6. The van der Waals surface area contributed by atoms with Gasteiger partial charge in [-0.1, -0.05) is 42.3 Å². The molecule has 0 amide bonds. The molecule has 0 aliphatic carbocycles. The van der Waals surface area contributed by atoms with Crippen LogP contribution in [-0.4, -0.2) is 33.0 Å². The minimum Gasteiger partial charge on any atom is -0.341 e. The van der Waals surface area contributed by atoms with Crippen LogP contribution in [-0.2, 0) is 0 Å². The molecule has 0 unspecified atom stereocenters. The molecule has 4 aromatic rings. The highest BCUT2D eigenvalue weighted by atomic mass is 35.5. The van der Waals surface area contributed by atoms with Gasteiger partial charge in [-0.3, -0.25) is 0 Å². The van der Waals surface area contributed by atoms with E-state index in [1.165, 1.54) is 12.8 Å². The molecule has 6 rings (SSSR count). The molecule has 2 aliphatic rings. The van der Waals surface area contributed by atoms with Gasteiger partial charge in [0.25, 0.3) is 0 Å². The fourth-order valence-corrected chi connectivity index (χ4v) is 4.95. The third-order valence-corrected chi connectivity index (χ3v) is 6.84. The van der Waals surface area contributed by atoms with Crippen LogP contribution in [0.5, 0.6) is 0 Å². The lowest BCUT2D eigenvalue weighted by Crippen LogP contribution is -2.14. The van der Waals surface area contributed by atoms with Crippen molar-refractivity contribution in [3.8, 4) is 46.1 Å². The second-order valence-corrected chi connectivity index (χ2v) is 9.29. The zero-order valence-corrected chi connectivity index (χ0v) is 25.0. The van der Waals surface area contributed by atoms with Crippen LogP contribution in [0.25, 0.3) is 22.4 Å². The van der Waals surface area contributed by atoms with Gasteiger partial charge in [0.05, 0.1) is 30.2 Å². The van der Waals surface area contributed by atoms with Crippen molar-refractivity contribution in [2.75, 3.05) is 13.1 Å². The number of halogens is 4. The predicted octanol–water partition coefficient (Wildman–Crippen LogP) is 6.41. The van der Waals surface area contributed by atoms with Crippen molar-refractivity contribution < 1.29 is 0 Å². The Labute approximate surface area is 260 Å². The molecule has 0 spiro atoms. The fourth-order valence-electron chi connectivity index (χ4n) is 4.95. The van der Waals surface area contributed by atoms with Crippen molar-refractivity contribution >= 4 is 49.6 Å². The van der Waals surface area contributed by atoms with E-state index in [0.29, 0.717) is 12.1 Å². The van der Waals surface area contributed by atoms with Gasteiger partial charge >= 0.3 is 0 Å². The molecule has 0 radical (unpaired) electrons. The molecule has 2 aromatic heterocycles. The smallest absolute Gasteiger partial charge is 0.124 e. The predicted molar refractivity (Wildman–Crippen MR) is 171 cm³/mol. The molecule has 6 nitrogen and oxygen atoms in total. The lowest BCUT2D eigenvalue weighted by Gasteiger charge is -2.08. The molecular formula is C30H32Cl4N6. The number of imidazole rings is 2. The Morgan fingerprint density at radius 3 is 2.00 bits per heavy atom. The number of hydrogen-bond acceptors (Lipinski definition) is 4. The molecule has 210 valence electrons. The van der Waals surface area contributed by atoms with Crippen LogP contribution in [0.1, 0.15) is 60.7 Å². The van der Waals surface area contributed by atoms with E-state index in [1.807, 2.05) is 24.4 Å². The van der Waals surface area contributed by atoms with Gasteiger partial charge in [-0.15, -0.1) is 49.6 Å². The summed E-state index contributed by atoms with van der Waals surface area (Å²) in [4.78, 5) is 15.9. The van der Waals surface area contributed by atoms with E-state index in [-0.39, 0.29) is 49.6 Å². The highest BCUT2D eigenvalue weighted by Crippen LogP contribution is 2.30. The molecule has 4 heterocycles. The van der Waals surface area contributed by atoms with E-state index in [1.54, 1.807) is 6.20 Å². The molecule has 40 heavy (non-hydrogen) atoms. The van der Waals surface area contributed by atoms with Crippen LogP contribution in [0.4, 0.5) is 0 Å². The Balaban J connectivity index is 0.00000140. The number of aromatic nitrogens is 4. The minimum absolute atomic E-state index is 0. The van der Waals surface area contributed by atoms with Crippen LogP contribution in [0.3, 0.4) is 0 Å². The van der Waals surface area contributed by atoms with Crippen molar-refractivity contribution in [3.05, 3.63) is 83.8 Å². The maximum Gasteiger partial charge on any atom is 0.124 e. The first-order valence-electron chi connectivity index (χ1n) is 12.6. The van der Waals surface area contributed by atoms with Gasteiger partial charge in [0.2, 0.25) is 0 Å². The number of H-pyrrole nitrogens is 2. The zero-order chi connectivity index (χ0) is 24.2. The van der Waals surface area contributed by atoms with Crippen LogP contribution in [0.2, 0.25) is 0 Å². The summed E-state index contributed by atoms with van der Waals surface area (Å²) in [6.07, 6.45) is 8.31. The second kappa shape index (κ2) is 15.7. The summed E-state index contributed by atoms with van der Waals surface area (Å²) < 4.78 is 0. The Bertz CT molecular complexity index is 1480. The first-order chi connectivity index (χ1) is 17.8. The van der Waals surface area contributed by atoms with Crippen LogP contribution < -0.4 is 10.6 Å². The summed E-state index contributed by atoms with van der Waals surface area (Å²) in [5.74, 6) is 14.4. The maximum absolute atomic E-state index is 4.64. The zero-order valence-electron chi connectivity index (χ0n) is 21.7. The Morgan fingerprint density at radius 1 is 0.675 bits per heavy atom. The molecule has 2 aliphatic heterocycles. The molecule has 10 heteroatoms. The average Bonchev–Trinajstić information content (AvgIpc) is 3.74. The van der Waals surface area contributed by atoms with Gasteiger partial charge < -0.3 is 20.6 Å². The van der Waals surface area contributed by atoms with Crippen molar-refractivity contribution in [1.29, 1.82) is 0 Å². The topological polar surface area (TPSA) is 81.4 Å². The van der Waals surface area contributed by atoms with E-state index in [0.717, 1.165) is 71.2 Å². The molecule has 2 aromatic carbocycles. The van der Waals surface area contributed by atoms with E-state index < -0.39 is 0 Å². The first kappa shape index (κ1) is 33.3. The highest BCUT2D eigenvalue weighted by Gasteiger charge is 2.20.